The minimum atomic E-state index is -0.211. The Labute approximate surface area is 140 Å². The molecule has 0 aliphatic heterocycles. The van der Waals surface area contributed by atoms with E-state index in [9.17, 15) is 9.59 Å². The van der Waals surface area contributed by atoms with Crippen molar-refractivity contribution < 1.29 is 9.59 Å². The minimum Gasteiger partial charge on any atom is -0.294 e. The number of ketones is 1. The zero-order chi connectivity index (χ0) is 17.1. The van der Waals surface area contributed by atoms with Crippen molar-refractivity contribution in [2.24, 2.45) is 0 Å². The third-order valence-corrected chi connectivity index (χ3v) is 3.97. The Kier molecular flexibility index (Phi) is 4.42. The maximum Gasteiger partial charge on any atom is 0.239 e. The van der Waals surface area contributed by atoms with Crippen LogP contribution in [0.5, 0.6) is 0 Å². The summed E-state index contributed by atoms with van der Waals surface area (Å²) >= 11 is 0. The molecule has 0 saturated heterocycles. The molecule has 0 spiro atoms. The molecule has 2 aromatic carbocycles. The van der Waals surface area contributed by atoms with Crippen LogP contribution in [-0.2, 0) is 4.79 Å². The van der Waals surface area contributed by atoms with E-state index in [1.54, 1.807) is 11.0 Å². The second-order valence-electron chi connectivity index (χ2n) is 5.88. The molecule has 5 heteroatoms. The largest absolute Gasteiger partial charge is 0.294 e. The van der Waals surface area contributed by atoms with E-state index >= 15 is 0 Å². The van der Waals surface area contributed by atoms with Crippen molar-refractivity contribution >= 4 is 22.7 Å². The molecule has 5 nitrogen and oxygen atoms in total. The van der Waals surface area contributed by atoms with E-state index < -0.39 is 0 Å². The molecule has 0 radical (unpaired) electrons. The minimum absolute atomic E-state index is 0.0122. The van der Waals surface area contributed by atoms with Gasteiger partial charge >= 0.3 is 0 Å². The van der Waals surface area contributed by atoms with Crippen LogP contribution in [0.1, 0.15) is 34.3 Å². The van der Waals surface area contributed by atoms with Crippen molar-refractivity contribution in [3.63, 3.8) is 0 Å². The topological polar surface area (TPSA) is 64.0 Å². The first kappa shape index (κ1) is 15.9. The fourth-order valence-corrected chi connectivity index (χ4v) is 2.64. The number of imidazole rings is 1. The first-order chi connectivity index (χ1) is 11.5. The van der Waals surface area contributed by atoms with Crippen LogP contribution < -0.4 is 5.43 Å². The van der Waals surface area contributed by atoms with E-state index in [2.05, 4.69) is 10.4 Å². The molecule has 0 atom stereocenters. The van der Waals surface area contributed by atoms with Crippen molar-refractivity contribution in [3.05, 3.63) is 65.5 Å². The van der Waals surface area contributed by atoms with E-state index in [4.69, 9.17) is 0 Å². The monoisotopic (exact) mass is 321 g/mol. The van der Waals surface area contributed by atoms with Crippen LogP contribution in [0.2, 0.25) is 0 Å². The van der Waals surface area contributed by atoms with Crippen LogP contribution in [0, 0.1) is 13.8 Å². The quantitative estimate of drug-likeness (QED) is 0.733. The molecule has 0 bridgehead atoms. The Morgan fingerprint density at radius 1 is 1.08 bits per heavy atom. The second kappa shape index (κ2) is 6.66. The number of nitrogens with zero attached hydrogens (tertiary/aromatic N) is 2. The SMILES string of the molecule is Cc1ccc(C)c(C(=O)CCC(=O)Nn2cnc3ccccc32)c1. The van der Waals surface area contributed by atoms with Crippen LogP contribution in [0.4, 0.5) is 0 Å². The highest BCUT2D eigenvalue weighted by Crippen LogP contribution is 2.14. The van der Waals surface area contributed by atoms with Gasteiger partial charge < -0.3 is 0 Å². The molecule has 3 aromatic rings. The van der Waals surface area contributed by atoms with E-state index in [1.807, 2.05) is 56.3 Å². The zero-order valence-corrected chi connectivity index (χ0v) is 13.7. The fourth-order valence-electron chi connectivity index (χ4n) is 2.64. The molecule has 0 aliphatic carbocycles. The lowest BCUT2D eigenvalue weighted by Gasteiger charge is -2.08. The summed E-state index contributed by atoms with van der Waals surface area (Å²) in [4.78, 5) is 28.7. The third kappa shape index (κ3) is 3.35. The van der Waals surface area contributed by atoms with Crippen LogP contribution in [0.3, 0.4) is 0 Å². The molecule has 1 amide bonds. The number of carbonyl (C=O) groups is 2. The van der Waals surface area contributed by atoms with E-state index in [-0.39, 0.29) is 24.5 Å². The first-order valence-electron chi connectivity index (χ1n) is 7.87. The molecule has 0 fully saturated rings. The number of aryl methyl sites for hydroxylation is 2. The molecular formula is C19H19N3O2. The van der Waals surface area contributed by atoms with Crippen molar-refractivity contribution in [3.8, 4) is 0 Å². The Morgan fingerprint density at radius 2 is 1.88 bits per heavy atom. The van der Waals surface area contributed by atoms with Gasteiger partial charge in [0.15, 0.2) is 5.78 Å². The summed E-state index contributed by atoms with van der Waals surface area (Å²) < 4.78 is 1.58. The van der Waals surface area contributed by atoms with Gasteiger partial charge in [-0.15, -0.1) is 0 Å². The molecule has 1 N–H and O–H groups in total. The molecular weight excluding hydrogens is 302 g/mol. The summed E-state index contributed by atoms with van der Waals surface area (Å²) in [5.74, 6) is -0.223. The summed E-state index contributed by atoms with van der Waals surface area (Å²) in [5, 5.41) is 0. The number of amides is 1. The normalized spacial score (nSPS) is 10.8. The Balaban J connectivity index is 1.63. The lowest BCUT2D eigenvalue weighted by Crippen LogP contribution is -2.22. The fraction of sp³-hybridized carbons (Fsp3) is 0.211. The summed E-state index contributed by atoms with van der Waals surface area (Å²) in [6, 6.07) is 13.3. The Hall–Kier alpha value is -2.95. The number of aromatic nitrogens is 2. The van der Waals surface area contributed by atoms with Gasteiger partial charge in [-0.2, -0.15) is 0 Å². The van der Waals surface area contributed by atoms with Crippen LogP contribution >= 0.6 is 0 Å². The number of hydrogen-bond donors (Lipinski definition) is 1. The second-order valence-corrected chi connectivity index (χ2v) is 5.88. The van der Waals surface area contributed by atoms with Gasteiger partial charge in [0.25, 0.3) is 0 Å². The number of hydrogen-bond acceptors (Lipinski definition) is 3. The van der Waals surface area contributed by atoms with E-state index in [1.165, 1.54) is 0 Å². The lowest BCUT2D eigenvalue weighted by molar-refractivity contribution is -0.117. The highest BCUT2D eigenvalue weighted by Gasteiger charge is 2.12. The van der Waals surface area contributed by atoms with Crippen molar-refractivity contribution in [1.29, 1.82) is 0 Å². The molecule has 24 heavy (non-hydrogen) atoms. The number of carbonyl (C=O) groups excluding carboxylic acids is 2. The highest BCUT2D eigenvalue weighted by atomic mass is 16.2. The smallest absolute Gasteiger partial charge is 0.239 e. The van der Waals surface area contributed by atoms with Gasteiger partial charge in [-0.1, -0.05) is 29.8 Å². The number of rotatable bonds is 5. The zero-order valence-electron chi connectivity index (χ0n) is 13.7. The number of Topliss-reactive ketones (excluding diaryl/α,β-unsaturated/α-hetero) is 1. The van der Waals surface area contributed by atoms with Crippen molar-refractivity contribution in [1.82, 2.24) is 9.66 Å². The predicted octanol–water partition coefficient (Wildman–Crippen LogP) is 3.39. The third-order valence-electron chi connectivity index (χ3n) is 3.97. The molecule has 0 unspecified atom stereocenters. The van der Waals surface area contributed by atoms with Gasteiger partial charge in [-0.05, 0) is 37.6 Å². The van der Waals surface area contributed by atoms with Crippen LogP contribution in [-0.4, -0.2) is 21.4 Å². The van der Waals surface area contributed by atoms with Gasteiger partial charge in [0.05, 0.1) is 11.0 Å². The maximum atomic E-state index is 12.3. The summed E-state index contributed by atoms with van der Waals surface area (Å²) in [6.45, 7) is 3.86. The average molecular weight is 321 g/mol. The molecule has 0 saturated carbocycles. The summed E-state index contributed by atoms with van der Waals surface area (Å²) in [6.07, 6.45) is 1.89. The molecule has 0 aliphatic rings. The van der Waals surface area contributed by atoms with Gasteiger partial charge in [-0.3, -0.25) is 15.0 Å². The first-order valence-corrected chi connectivity index (χ1v) is 7.87. The number of nitrogens with one attached hydrogen (secondary N) is 1. The van der Waals surface area contributed by atoms with E-state index in [0.29, 0.717) is 5.56 Å². The number of para-hydroxylation sites is 2. The molecule has 1 heterocycles. The highest BCUT2D eigenvalue weighted by molar-refractivity contribution is 6.00. The van der Waals surface area contributed by atoms with Crippen molar-refractivity contribution in [2.45, 2.75) is 26.7 Å². The Bertz CT molecular complexity index is 912. The van der Waals surface area contributed by atoms with Crippen LogP contribution in [0.15, 0.2) is 48.8 Å². The summed E-state index contributed by atoms with van der Waals surface area (Å²) in [7, 11) is 0. The van der Waals surface area contributed by atoms with Crippen LogP contribution in [0.25, 0.3) is 11.0 Å². The molecule has 3 rings (SSSR count). The lowest BCUT2D eigenvalue weighted by atomic mass is 9.99. The van der Waals surface area contributed by atoms with E-state index in [0.717, 1.165) is 22.2 Å². The standard InChI is InChI=1S/C19H19N3O2/c1-13-7-8-14(2)15(11-13)18(23)9-10-19(24)21-22-12-20-16-5-3-4-6-17(16)22/h3-8,11-12H,9-10H2,1-2H3,(H,21,24). The number of benzene rings is 2. The molecule has 122 valence electrons. The molecule has 1 aromatic heterocycles. The number of fused-ring (bicyclic) bond motifs is 1. The average Bonchev–Trinajstić information content (AvgIpc) is 2.98. The van der Waals surface area contributed by atoms with Crippen molar-refractivity contribution in [2.75, 3.05) is 5.43 Å². The van der Waals surface area contributed by atoms with Gasteiger partial charge in [0, 0.05) is 18.4 Å². The predicted molar refractivity (Wildman–Crippen MR) is 93.6 cm³/mol. The van der Waals surface area contributed by atoms with Gasteiger partial charge in [0.2, 0.25) is 5.91 Å². The maximum absolute atomic E-state index is 12.3. The Morgan fingerprint density at radius 3 is 2.71 bits per heavy atom. The van der Waals surface area contributed by atoms with Gasteiger partial charge in [0.1, 0.15) is 6.33 Å². The van der Waals surface area contributed by atoms with Gasteiger partial charge in [-0.25, -0.2) is 9.66 Å². The summed E-state index contributed by atoms with van der Waals surface area (Å²) in [5.41, 5.74) is 7.06.